The van der Waals surface area contributed by atoms with Gasteiger partial charge in [-0.05, 0) is 24.1 Å². The summed E-state index contributed by atoms with van der Waals surface area (Å²) in [7, 11) is 0. The lowest BCUT2D eigenvalue weighted by molar-refractivity contribution is -0.137. The van der Waals surface area contributed by atoms with Gasteiger partial charge in [0.15, 0.2) is 0 Å². The Morgan fingerprint density at radius 2 is 2.00 bits per heavy atom. The van der Waals surface area contributed by atoms with Crippen molar-refractivity contribution in [3.05, 3.63) is 52.0 Å². The van der Waals surface area contributed by atoms with Gasteiger partial charge in [-0.15, -0.1) is 0 Å². The molecule has 140 valence electrons. The maximum Gasteiger partial charge on any atom is 0.247 e. The molecule has 5 nitrogen and oxygen atoms in total. The molecule has 2 heterocycles. The van der Waals surface area contributed by atoms with Crippen molar-refractivity contribution in [1.82, 2.24) is 19.6 Å². The second-order valence-corrected chi connectivity index (χ2v) is 7.24. The van der Waals surface area contributed by atoms with Gasteiger partial charge in [0, 0.05) is 43.9 Å². The topological polar surface area (TPSA) is 41.4 Å². The van der Waals surface area contributed by atoms with Gasteiger partial charge < -0.3 is 4.90 Å². The van der Waals surface area contributed by atoms with Gasteiger partial charge in [-0.1, -0.05) is 36.2 Å². The van der Waals surface area contributed by atoms with Gasteiger partial charge in [0.1, 0.15) is 11.9 Å². The van der Waals surface area contributed by atoms with E-state index in [2.05, 4.69) is 10.00 Å². The first-order valence-electron chi connectivity index (χ1n) is 8.62. The van der Waals surface area contributed by atoms with Crippen molar-refractivity contribution in [2.45, 2.75) is 25.9 Å². The number of hydrogen-bond donors (Lipinski definition) is 0. The molecule has 1 aromatic heterocycles. The van der Waals surface area contributed by atoms with Gasteiger partial charge in [0.05, 0.1) is 11.2 Å². The molecule has 0 bridgehead atoms. The summed E-state index contributed by atoms with van der Waals surface area (Å²) >= 11 is 12.0. The number of halogens is 3. The second-order valence-electron chi connectivity index (χ2n) is 6.40. The number of amides is 1. The number of carbonyl (C=O) groups is 1. The molecule has 1 aliphatic rings. The molecular formula is C18H21Cl2FN4O. The molecule has 1 fully saturated rings. The highest BCUT2D eigenvalue weighted by Gasteiger charge is 2.28. The Morgan fingerprint density at radius 1 is 1.27 bits per heavy atom. The van der Waals surface area contributed by atoms with Crippen LogP contribution in [0, 0.1) is 5.82 Å². The standard InChI is InChI=1S/C18H21Cl2FN4O/c1-2-17(25-12-14(19)10-22-25)18(26)24-7-5-23(6-8-24)11-13-3-4-15(21)9-16(13)20/h3-4,9-10,12,17H,2,5-8,11H2,1H3. The molecule has 1 amide bonds. The molecule has 1 aromatic carbocycles. The highest BCUT2D eigenvalue weighted by molar-refractivity contribution is 6.31. The first-order valence-corrected chi connectivity index (χ1v) is 9.38. The predicted octanol–water partition coefficient (Wildman–Crippen LogP) is 3.62. The number of piperazine rings is 1. The monoisotopic (exact) mass is 398 g/mol. The lowest BCUT2D eigenvalue weighted by Gasteiger charge is -2.36. The van der Waals surface area contributed by atoms with Crippen molar-refractivity contribution < 1.29 is 9.18 Å². The first-order chi connectivity index (χ1) is 12.5. The Morgan fingerprint density at radius 3 is 2.58 bits per heavy atom. The summed E-state index contributed by atoms with van der Waals surface area (Å²) < 4.78 is 14.8. The predicted molar refractivity (Wildman–Crippen MR) is 99.8 cm³/mol. The molecule has 1 atom stereocenters. The molecule has 8 heteroatoms. The smallest absolute Gasteiger partial charge is 0.247 e. The Balaban J connectivity index is 1.58. The van der Waals surface area contributed by atoms with Crippen LogP contribution < -0.4 is 0 Å². The molecule has 0 radical (unpaired) electrons. The Bertz CT molecular complexity index is 774. The average Bonchev–Trinajstić information content (AvgIpc) is 3.04. The van der Waals surface area contributed by atoms with Crippen molar-refractivity contribution >= 4 is 29.1 Å². The van der Waals surface area contributed by atoms with Crippen LogP contribution in [0.25, 0.3) is 0 Å². The van der Waals surface area contributed by atoms with E-state index in [4.69, 9.17) is 23.2 Å². The minimum atomic E-state index is -0.335. The molecule has 26 heavy (non-hydrogen) atoms. The van der Waals surface area contributed by atoms with Crippen LogP contribution in [-0.2, 0) is 11.3 Å². The van der Waals surface area contributed by atoms with Crippen LogP contribution in [0.5, 0.6) is 0 Å². The second kappa shape index (κ2) is 8.37. The van der Waals surface area contributed by atoms with E-state index < -0.39 is 0 Å². The van der Waals surface area contributed by atoms with Gasteiger partial charge in [-0.25, -0.2) is 4.39 Å². The van der Waals surface area contributed by atoms with Gasteiger partial charge in [-0.2, -0.15) is 5.10 Å². The molecular weight excluding hydrogens is 378 g/mol. The van der Waals surface area contributed by atoms with Gasteiger partial charge in [0.2, 0.25) is 5.91 Å². The Kier molecular flexibility index (Phi) is 6.16. The molecule has 1 saturated heterocycles. The molecule has 1 unspecified atom stereocenters. The number of rotatable bonds is 5. The quantitative estimate of drug-likeness (QED) is 0.771. The van der Waals surface area contributed by atoms with Gasteiger partial charge in [-0.3, -0.25) is 14.4 Å². The third kappa shape index (κ3) is 4.37. The number of carbonyl (C=O) groups excluding carboxylic acids is 1. The van der Waals surface area contributed by atoms with E-state index in [1.165, 1.54) is 12.1 Å². The van der Waals surface area contributed by atoms with Crippen LogP contribution in [0.4, 0.5) is 4.39 Å². The van der Waals surface area contributed by atoms with E-state index >= 15 is 0 Å². The van der Waals surface area contributed by atoms with Crippen molar-refractivity contribution in [2.24, 2.45) is 0 Å². The van der Waals surface area contributed by atoms with E-state index in [1.54, 1.807) is 23.1 Å². The largest absolute Gasteiger partial charge is 0.338 e. The first kappa shape index (κ1) is 19.1. The number of hydrogen-bond acceptors (Lipinski definition) is 3. The zero-order valence-electron chi connectivity index (χ0n) is 14.5. The summed E-state index contributed by atoms with van der Waals surface area (Å²) in [4.78, 5) is 16.9. The summed E-state index contributed by atoms with van der Waals surface area (Å²) in [5.41, 5.74) is 0.894. The van der Waals surface area contributed by atoms with Crippen LogP contribution in [0.15, 0.2) is 30.6 Å². The maximum absolute atomic E-state index is 13.2. The third-order valence-corrected chi connectivity index (χ3v) is 5.20. The molecule has 3 rings (SSSR count). The lowest BCUT2D eigenvalue weighted by Crippen LogP contribution is -2.50. The Labute approximate surface area is 162 Å². The van der Waals surface area contributed by atoms with Gasteiger partial charge >= 0.3 is 0 Å². The zero-order chi connectivity index (χ0) is 18.7. The molecule has 2 aromatic rings. The van der Waals surface area contributed by atoms with Crippen LogP contribution in [0.1, 0.15) is 24.9 Å². The molecule has 0 aliphatic carbocycles. The fourth-order valence-corrected chi connectivity index (χ4v) is 3.56. The van der Waals surface area contributed by atoms with Gasteiger partial charge in [0.25, 0.3) is 0 Å². The highest BCUT2D eigenvalue weighted by atomic mass is 35.5. The van der Waals surface area contributed by atoms with E-state index in [0.717, 1.165) is 18.7 Å². The number of aromatic nitrogens is 2. The average molecular weight is 399 g/mol. The fourth-order valence-electron chi connectivity index (χ4n) is 3.19. The van der Waals surface area contributed by atoms with Crippen LogP contribution in [-0.4, -0.2) is 51.7 Å². The summed E-state index contributed by atoms with van der Waals surface area (Å²) in [5.74, 6) is -0.273. The molecule has 0 saturated carbocycles. The fraction of sp³-hybridized carbons (Fsp3) is 0.444. The lowest BCUT2D eigenvalue weighted by atomic mass is 10.1. The summed E-state index contributed by atoms with van der Waals surface area (Å²) in [6, 6.07) is 4.13. The van der Waals surface area contributed by atoms with Crippen molar-refractivity contribution in [2.75, 3.05) is 26.2 Å². The minimum Gasteiger partial charge on any atom is -0.338 e. The summed E-state index contributed by atoms with van der Waals surface area (Å²) in [5, 5.41) is 5.13. The van der Waals surface area contributed by atoms with Crippen molar-refractivity contribution in [3.63, 3.8) is 0 Å². The summed E-state index contributed by atoms with van der Waals surface area (Å²) in [6.07, 6.45) is 3.88. The molecule has 0 N–H and O–H groups in total. The third-order valence-electron chi connectivity index (χ3n) is 4.65. The van der Waals surface area contributed by atoms with E-state index in [-0.39, 0.29) is 17.8 Å². The molecule has 0 spiro atoms. The summed E-state index contributed by atoms with van der Waals surface area (Å²) in [6.45, 7) is 5.38. The van der Waals surface area contributed by atoms with Crippen LogP contribution >= 0.6 is 23.2 Å². The van der Waals surface area contributed by atoms with Crippen LogP contribution in [0.2, 0.25) is 10.0 Å². The van der Waals surface area contributed by atoms with Crippen molar-refractivity contribution in [1.29, 1.82) is 0 Å². The number of nitrogens with zero attached hydrogens (tertiary/aromatic N) is 4. The normalized spacial score (nSPS) is 16.7. The zero-order valence-corrected chi connectivity index (χ0v) is 16.0. The maximum atomic E-state index is 13.2. The van der Waals surface area contributed by atoms with E-state index in [1.807, 2.05) is 11.8 Å². The number of benzene rings is 1. The highest BCUT2D eigenvalue weighted by Crippen LogP contribution is 2.21. The van der Waals surface area contributed by atoms with Crippen molar-refractivity contribution in [3.8, 4) is 0 Å². The van der Waals surface area contributed by atoms with E-state index in [0.29, 0.717) is 36.1 Å². The minimum absolute atomic E-state index is 0.0618. The molecule has 1 aliphatic heterocycles. The SMILES string of the molecule is CCC(C(=O)N1CCN(Cc2ccc(F)cc2Cl)CC1)n1cc(Cl)cn1. The van der Waals surface area contributed by atoms with E-state index in [9.17, 15) is 9.18 Å². The van der Waals surface area contributed by atoms with Crippen LogP contribution in [0.3, 0.4) is 0 Å². The Hall–Kier alpha value is -1.63.